The molecule has 1 N–H and O–H groups in total. The van der Waals surface area contributed by atoms with Crippen LogP contribution in [0.15, 0.2) is 11.6 Å². The standard InChI is InChI=1S/C10H14O3/c1-10(2,3)5-4-6(11)8-9(13-8)7(5)12/h4,6,8-9,11H,1-3H3. The smallest absolute Gasteiger partial charge is 0.190 e. The molecule has 0 saturated carbocycles. The predicted octanol–water partition coefficient (Wildman–Crippen LogP) is 0.670. The molecule has 0 spiro atoms. The fourth-order valence-corrected chi connectivity index (χ4v) is 1.72. The van der Waals surface area contributed by atoms with Crippen molar-refractivity contribution < 1.29 is 14.6 Å². The molecule has 1 heterocycles. The molecule has 0 aromatic heterocycles. The molecule has 13 heavy (non-hydrogen) atoms. The first-order valence-electron chi connectivity index (χ1n) is 4.51. The summed E-state index contributed by atoms with van der Waals surface area (Å²) in [6.45, 7) is 5.89. The van der Waals surface area contributed by atoms with Crippen LogP contribution in [0.25, 0.3) is 0 Å². The number of fused-ring (bicyclic) bond motifs is 1. The van der Waals surface area contributed by atoms with E-state index in [0.717, 1.165) is 0 Å². The highest BCUT2D eigenvalue weighted by Crippen LogP contribution is 2.39. The lowest BCUT2D eigenvalue weighted by molar-refractivity contribution is -0.117. The first-order valence-corrected chi connectivity index (χ1v) is 4.51. The fourth-order valence-electron chi connectivity index (χ4n) is 1.72. The van der Waals surface area contributed by atoms with Crippen molar-refractivity contribution in [2.45, 2.75) is 39.1 Å². The van der Waals surface area contributed by atoms with E-state index in [1.165, 1.54) is 0 Å². The van der Waals surface area contributed by atoms with Crippen molar-refractivity contribution in [1.29, 1.82) is 0 Å². The van der Waals surface area contributed by atoms with E-state index in [1.807, 2.05) is 20.8 Å². The maximum Gasteiger partial charge on any atom is 0.190 e. The molecular formula is C10H14O3. The Balaban J connectivity index is 2.32. The second kappa shape index (κ2) is 2.42. The number of Topliss-reactive ketones (excluding diaryl/α,β-unsaturated/α-hetero) is 1. The average Bonchev–Trinajstić information content (AvgIpc) is 2.73. The van der Waals surface area contributed by atoms with Crippen molar-refractivity contribution in [1.82, 2.24) is 0 Å². The van der Waals surface area contributed by atoms with Crippen LogP contribution in [-0.4, -0.2) is 29.2 Å². The number of carbonyl (C=O) groups excluding carboxylic acids is 1. The second-order valence-electron chi connectivity index (χ2n) is 4.71. The van der Waals surface area contributed by atoms with Crippen LogP contribution < -0.4 is 0 Å². The highest BCUT2D eigenvalue weighted by molar-refractivity contribution is 6.03. The first-order chi connectivity index (χ1) is 5.91. The molecule has 0 aromatic rings. The number of ether oxygens (including phenoxy) is 1. The zero-order valence-corrected chi connectivity index (χ0v) is 8.07. The Bertz CT molecular complexity index is 285. The van der Waals surface area contributed by atoms with Crippen molar-refractivity contribution >= 4 is 5.78 Å². The van der Waals surface area contributed by atoms with E-state index in [2.05, 4.69) is 0 Å². The zero-order valence-electron chi connectivity index (χ0n) is 8.07. The van der Waals surface area contributed by atoms with Crippen molar-refractivity contribution in [3.05, 3.63) is 11.6 Å². The molecular weight excluding hydrogens is 168 g/mol. The summed E-state index contributed by atoms with van der Waals surface area (Å²) in [6, 6.07) is 0. The van der Waals surface area contributed by atoms with Gasteiger partial charge in [-0.05, 0) is 11.5 Å². The van der Waals surface area contributed by atoms with Gasteiger partial charge in [0.25, 0.3) is 0 Å². The lowest BCUT2D eigenvalue weighted by Gasteiger charge is -2.24. The maximum atomic E-state index is 11.7. The van der Waals surface area contributed by atoms with E-state index in [4.69, 9.17) is 4.74 Å². The summed E-state index contributed by atoms with van der Waals surface area (Å²) in [5.41, 5.74) is 0.494. The number of hydrogen-bond donors (Lipinski definition) is 1. The lowest BCUT2D eigenvalue weighted by Crippen LogP contribution is -2.32. The molecule has 0 aromatic carbocycles. The number of aliphatic hydroxyl groups excluding tert-OH is 1. The highest BCUT2D eigenvalue weighted by atomic mass is 16.6. The van der Waals surface area contributed by atoms with Crippen LogP contribution in [0, 0.1) is 5.41 Å². The molecule has 1 aliphatic heterocycles. The van der Waals surface area contributed by atoms with E-state index in [1.54, 1.807) is 6.08 Å². The third kappa shape index (κ3) is 1.32. The van der Waals surface area contributed by atoms with Gasteiger partial charge in [-0.3, -0.25) is 4.79 Å². The van der Waals surface area contributed by atoms with E-state index >= 15 is 0 Å². The number of carbonyl (C=O) groups is 1. The van der Waals surface area contributed by atoms with Crippen molar-refractivity contribution in [2.75, 3.05) is 0 Å². The Hall–Kier alpha value is -0.670. The first kappa shape index (κ1) is 8.91. The number of epoxide rings is 1. The van der Waals surface area contributed by atoms with Crippen molar-refractivity contribution in [3.8, 4) is 0 Å². The minimum absolute atomic E-state index is 0.0443. The van der Waals surface area contributed by atoms with Gasteiger partial charge in [0.2, 0.25) is 0 Å². The molecule has 0 bridgehead atoms. The van der Waals surface area contributed by atoms with E-state index in [-0.39, 0.29) is 23.4 Å². The molecule has 2 rings (SSSR count). The zero-order chi connectivity index (χ0) is 9.80. The predicted molar refractivity (Wildman–Crippen MR) is 47.2 cm³/mol. The molecule has 1 aliphatic carbocycles. The minimum Gasteiger partial charge on any atom is -0.386 e. The number of rotatable bonds is 0. The van der Waals surface area contributed by atoms with Gasteiger partial charge in [-0.1, -0.05) is 20.8 Å². The van der Waals surface area contributed by atoms with Crippen LogP contribution >= 0.6 is 0 Å². The Morgan fingerprint density at radius 2 is 2.08 bits per heavy atom. The summed E-state index contributed by atoms with van der Waals surface area (Å²) >= 11 is 0. The molecule has 0 radical (unpaired) electrons. The highest BCUT2D eigenvalue weighted by Gasteiger charge is 2.54. The van der Waals surface area contributed by atoms with Gasteiger partial charge in [0.05, 0.1) is 0 Å². The summed E-state index contributed by atoms with van der Waals surface area (Å²) in [4.78, 5) is 11.7. The molecule has 1 saturated heterocycles. The van der Waals surface area contributed by atoms with Crippen LogP contribution in [0.4, 0.5) is 0 Å². The quantitative estimate of drug-likeness (QED) is 0.560. The van der Waals surface area contributed by atoms with Gasteiger partial charge in [-0.25, -0.2) is 0 Å². The molecule has 3 nitrogen and oxygen atoms in total. The lowest BCUT2D eigenvalue weighted by atomic mass is 9.79. The van der Waals surface area contributed by atoms with Gasteiger partial charge in [0.1, 0.15) is 18.3 Å². The summed E-state index contributed by atoms with van der Waals surface area (Å²) in [7, 11) is 0. The Labute approximate surface area is 77.4 Å². The van der Waals surface area contributed by atoms with E-state index in [9.17, 15) is 9.90 Å². The van der Waals surface area contributed by atoms with Crippen LogP contribution in [0.1, 0.15) is 20.8 Å². The molecule has 2 aliphatic rings. The number of hydrogen-bond acceptors (Lipinski definition) is 3. The second-order valence-corrected chi connectivity index (χ2v) is 4.71. The van der Waals surface area contributed by atoms with E-state index < -0.39 is 6.10 Å². The van der Waals surface area contributed by atoms with Crippen LogP contribution in [0.5, 0.6) is 0 Å². The third-order valence-electron chi connectivity index (χ3n) is 2.53. The van der Waals surface area contributed by atoms with Gasteiger partial charge in [0.15, 0.2) is 5.78 Å². The van der Waals surface area contributed by atoms with Gasteiger partial charge in [0, 0.05) is 5.57 Å². The normalized spacial score (nSPS) is 38.3. The Morgan fingerprint density at radius 3 is 2.62 bits per heavy atom. The Morgan fingerprint density at radius 1 is 1.46 bits per heavy atom. The summed E-state index contributed by atoms with van der Waals surface area (Å²) < 4.78 is 5.08. The van der Waals surface area contributed by atoms with Crippen LogP contribution in [-0.2, 0) is 9.53 Å². The molecule has 3 unspecified atom stereocenters. The fraction of sp³-hybridized carbons (Fsp3) is 0.700. The maximum absolute atomic E-state index is 11.7. The summed E-state index contributed by atoms with van der Waals surface area (Å²) in [5.74, 6) is 0.0443. The SMILES string of the molecule is CC(C)(C)C1=CC(O)C2OC2C1=O. The monoisotopic (exact) mass is 182 g/mol. The molecule has 0 amide bonds. The van der Waals surface area contributed by atoms with Gasteiger partial charge in [-0.2, -0.15) is 0 Å². The Kier molecular flexibility index (Phi) is 1.66. The van der Waals surface area contributed by atoms with Crippen LogP contribution in [0.2, 0.25) is 0 Å². The van der Waals surface area contributed by atoms with Gasteiger partial charge >= 0.3 is 0 Å². The topological polar surface area (TPSA) is 49.8 Å². The minimum atomic E-state index is -0.600. The van der Waals surface area contributed by atoms with Crippen molar-refractivity contribution in [2.24, 2.45) is 5.41 Å². The summed E-state index contributed by atoms with van der Waals surface area (Å²) in [5, 5.41) is 9.52. The van der Waals surface area contributed by atoms with Crippen molar-refractivity contribution in [3.63, 3.8) is 0 Å². The third-order valence-corrected chi connectivity index (χ3v) is 2.53. The average molecular weight is 182 g/mol. The van der Waals surface area contributed by atoms with Gasteiger partial charge in [-0.15, -0.1) is 0 Å². The molecule has 72 valence electrons. The largest absolute Gasteiger partial charge is 0.386 e. The van der Waals surface area contributed by atoms with E-state index in [0.29, 0.717) is 5.57 Å². The summed E-state index contributed by atoms with van der Waals surface area (Å²) in [6.07, 6.45) is 0.404. The number of aliphatic hydroxyl groups is 1. The molecule has 3 heteroatoms. The number of ketones is 1. The van der Waals surface area contributed by atoms with Crippen LogP contribution in [0.3, 0.4) is 0 Å². The van der Waals surface area contributed by atoms with Gasteiger partial charge < -0.3 is 9.84 Å². The molecule has 1 fully saturated rings. The molecule has 3 atom stereocenters.